The van der Waals surface area contributed by atoms with Crippen LogP contribution < -0.4 is 5.32 Å². The van der Waals surface area contributed by atoms with Gasteiger partial charge in [0.15, 0.2) is 6.29 Å². The molecule has 56 heavy (non-hydrogen) atoms. The van der Waals surface area contributed by atoms with Crippen molar-refractivity contribution in [1.29, 1.82) is 0 Å². The fourth-order valence-electron chi connectivity index (χ4n) is 7.28. The Morgan fingerprint density at radius 2 is 1.12 bits per heavy atom. The maximum atomic E-state index is 13.0. The second-order valence-electron chi connectivity index (χ2n) is 16.0. The predicted molar refractivity (Wildman–Crippen MR) is 222 cm³/mol. The van der Waals surface area contributed by atoms with Gasteiger partial charge in [-0.2, -0.15) is 8.42 Å². The summed E-state index contributed by atoms with van der Waals surface area (Å²) in [7, 11) is -5.08. The molecule has 1 saturated heterocycles. The number of amides is 1. The largest absolute Gasteiger partial charge is 0.397 e. The molecule has 1 aliphatic rings. The Bertz CT molecular complexity index is 1060. The summed E-state index contributed by atoms with van der Waals surface area (Å²) < 4.78 is 47.5. The van der Waals surface area contributed by atoms with Crippen molar-refractivity contribution < 1.29 is 51.8 Å². The minimum Gasteiger partial charge on any atom is -0.394 e. The van der Waals surface area contributed by atoms with E-state index in [9.17, 15) is 33.6 Å². The van der Waals surface area contributed by atoms with Gasteiger partial charge in [-0.25, -0.2) is 4.18 Å². The fourth-order valence-corrected chi connectivity index (χ4v) is 7.79. The van der Waals surface area contributed by atoms with Crippen LogP contribution in [0.25, 0.3) is 0 Å². The van der Waals surface area contributed by atoms with Gasteiger partial charge < -0.3 is 35.2 Å². The average molecular weight is 822 g/mol. The lowest BCUT2D eigenvalue weighted by atomic mass is 9.99. The summed E-state index contributed by atoms with van der Waals surface area (Å²) in [5.74, 6) is -0.261. The second-order valence-corrected chi connectivity index (χ2v) is 17.0. The minimum atomic E-state index is -5.08. The van der Waals surface area contributed by atoms with Crippen molar-refractivity contribution >= 4 is 16.3 Å². The quantitative estimate of drug-likeness (QED) is 0.0199. The zero-order valence-electron chi connectivity index (χ0n) is 35.2. The Morgan fingerprint density at radius 3 is 1.55 bits per heavy atom. The number of aliphatic hydroxyl groups excluding tert-OH is 4. The maximum Gasteiger partial charge on any atom is 0.397 e. The third-order valence-corrected chi connectivity index (χ3v) is 11.3. The van der Waals surface area contributed by atoms with E-state index in [1.807, 2.05) is 6.08 Å². The van der Waals surface area contributed by atoms with E-state index in [0.717, 1.165) is 38.5 Å². The molecule has 0 aliphatic carbocycles. The fraction of sp³-hybridized carbons (Fsp3) is 0.930. The number of unbranched alkanes of at least 4 members (excludes halogenated alkanes) is 26. The normalized spacial score (nSPS) is 21.4. The molecular weight excluding hydrogens is 739 g/mol. The summed E-state index contributed by atoms with van der Waals surface area (Å²) in [5, 5.41) is 44.6. The highest BCUT2D eigenvalue weighted by atomic mass is 32.3. The number of carbonyl (C=O) groups is 1. The molecular formula is C43H83NO11S. The van der Waals surface area contributed by atoms with E-state index >= 15 is 0 Å². The predicted octanol–water partition coefficient (Wildman–Crippen LogP) is 8.38. The molecule has 1 amide bonds. The van der Waals surface area contributed by atoms with Crippen molar-refractivity contribution in [2.75, 3.05) is 13.2 Å². The first kappa shape index (κ1) is 52.9. The smallest absolute Gasteiger partial charge is 0.394 e. The van der Waals surface area contributed by atoms with Crippen LogP contribution in [0.3, 0.4) is 0 Å². The van der Waals surface area contributed by atoms with Crippen molar-refractivity contribution in [2.24, 2.45) is 0 Å². The second kappa shape index (κ2) is 34.7. The van der Waals surface area contributed by atoms with E-state index in [4.69, 9.17) is 14.0 Å². The highest BCUT2D eigenvalue weighted by Gasteiger charge is 2.48. The van der Waals surface area contributed by atoms with Crippen molar-refractivity contribution in [1.82, 2.24) is 5.32 Å². The first-order valence-corrected chi connectivity index (χ1v) is 23.9. The Labute approximate surface area is 340 Å². The zero-order valence-corrected chi connectivity index (χ0v) is 36.0. The van der Waals surface area contributed by atoms with Crippen LogP contribution in [0.15, 0.2) is 12.2 Å². The Kier molecular flexibility index (Phi) is 32.7. The number of nitrogens with one attached hydrogen (secondary N) is 1. The van der Waals surface area contributed by atoms with Crippen LogP contribution in [0.4, 0.5) is 0 Å². The number of allylic oxidation sites excluding steroid dienone is 1. The highest BCUT2D eigenvalue weighted by molar-refractivity contribution is 7.80. The Hall–Kier alpha value is -1.16. The summed E-state index contributed by atoms with van der Waals surface area (Å²) in [4.78, 5) is 13.0. The molecule has 0 radical (unpaired) electrons. The molecule has 0 aromatic heterocycles. The molecule has 7 unspecified atom stereocenters. The van der Waals surface area contributed by atoms with E-state index in [0.29, 0.717) is 6.42 Å². The van der Waals surface area contributed by atoms with Gasteiger partial charge in [-0.15, -0.1) is 0 Å². The summed E-state index contributed by atoms with van der Waals surface area (Å²) in [6, 6.07) is -0.937. The number of aliphatic hydroxyl groups is 4. The summed E-state index contributed by atoms with van der Waals surface area (Å²) in [6.07, 6.45) is 28.2. The molecule has 1 heterocycles. The van der Waals surface area contributed by atoms with Gasteiger partial charge in [0.25, 0.3) is 0 Å². The molecule has 1 rings (SSSR count). The van der Waals surface area contributed by atoms with E-state index in [1.54, 1.807) is 6.08 Å². The maximum absolute atomic E-state index is 13.0. The number of hydrogen-bond acceptors (Lipinski definition) is 10. The number of carbonyl (C=O) groups excluding carboxylic acids is 1. The zero-order chi connectivity index (χ0) is 41.3. The molecule has 0 aromatic carbocycles. The molecule has 332 valence electrons. The Morgan fingerprint density at radius 1 is 0.696 bits per heavy atom. The van der Waals surface area contributed by atoms with Gasteiger partial charge in [-0.1, -0.05) is 187 Å². The molecule has 13 heteroatoms. The molecule has 0 spiro atoms. The van der Waals surface area contributed by atoms with Gasteiger partial charge in [-0.05, 0) is 19.3 Å². The lowest BCUT2D eigenvalue weighted by Crippen LogP contribution is -2.61. The van der Waals surface area contributed by atoms with Crippen molar-refractivity contribution in [3.63, 3.8) is 0 Å². The molecule has 0 saturated carbocycles. The molecule has 6 N–H and O–H groups in total. The number of rotatable bonds is 38. The van der Waals surface area contributed by atoms with E-state index in [2.05, 4.69) is 23.3 Å². The average Bonchev–Trinajstić information content (AvgIpc) is 3.16. The molecule has 0 bridgehead atoms. The molecule has 1 aliphatic heterocycles. The van der Waals surface area contributed by atoms with Crippen LogP contribution in [0.1, 0.15) is 200 Å². The van der Waals surface area contributed by atoms with Gasteiger partial charge in [0.1, 0.15) is 24.4 Å². The van der Waals surface area contributed by atoms with Crippen molar-refractivity contribution in [3.05, 3.63) is 12.2 Å². The number of hydrogen-bond donors (Lipinski definition) is 6. The third-order valence-electron chi connectivity index (χ3n) is 10.8. The van der Waals surface area contributed by atoms with E-state index in [-0.39, 0.29) is 18.9 Å². The van der Waals surface area contributed by atoms with Gasteiger partial charge in [-0.3, -0.25) is 9.35 Å². The van der Waals surface area contributed by atoms with Gasteiger partial charge >= 0.3 is 10.4 Å². The SMILES string of the molecule is CCCCCCCCCCCCCC=CC(O)C(COC1OC(CO)C(O)C(OS(=O)(=O)O)C1O)NC(=O)CCCCCCCCCCCCCCCCCC. The van der Waals surface area contributed by atoms with E-state index < -0.39 is 59.9 Å². The monoisotopic (exact) mass is 822 g/mol. The van der Waals surface area contributed by atoms with Crippen LogP contribution in [-0.4, -0.2) is 95.4 Å². The topological polar surface area (TPSA) is 192 Å². The van der Waals surface area contributed by atoms with Crippen LogP contribution in [0, 0.1) is 0 Å². The van der Waals surface area contributed by atoms with Crippen molar-refractivity contribution in [2.45, 2.75) is 243 Å². The lowest BCUT2D eigenvalue weighted by molar-refractivity contribution is -0.298. The van der Waals surface area contributed by atoms with Gasteiger partial charge in [0, 0.05) is 6.42 Å². The summed E-state index contributed by atoms with van der Waals surface area (Å²) in [6.45, 7) is 3.38. The van der Waals surface area contributed by atoms with Crippen molar-refractivity contribution in [3.8, 4) is 0 Å². The Balaban J connectivity index is 2.53. The van der Waals surface area contributed by atoms with Crippen LogP contribution in [0.2, 0.25) is 0 Å². The first-order valence-electron chi connectivity index (χ1n) is 22.6. The van der Waals surface area contributed by atoms with E-state index in [1.165, 1.54) is 135 Å². The van der Waals surface area contributed by atoms with Gasteiger partial charge in [0.05, 0.1) is 25.4 Å². The summed E-state index contributed by atoms with van der Waals surface area (Å²) >= 11 is 0. The third kappa shape index (κ3) is 27.5. The van der Waals surface area contributed by atoms with Gasteiger partial charge in [0.2, 0.25) is 5.91 Å². The standard InChI is InChI=1S/C43H83NO11S/c1-3-5-7-9-11-13-15-17-18-19-21-23-25-27-29-31-33-39(47)44-36(37(46)32-30-28-26-24-22-20-16-14-12-10-8-6-4-2)35-53-43-41(49)42(55-56(50,51)52)40(48)38(34-45)54-43/h30,32,36-38,40-43,45-46,48-49H,3-29,31,33-35H2,1-2H3,(H,44,47)(H,50,51,52). The molecule has 1 fully saturated rings. The van der Waals surface area contributed by atoms with Crippen LogP contribution in [-0.2, 0) is 28.9 Å². The minimum absolute atomic E-state index is 0.261. The molecule has 12 nitrogen and oxygen atoms in total. The first-order chi connectivity index (χ1) is 27.0. The summed E-state index contributed by atoms with van der Waals surface area (Å²) in [5.41, 5.74) is 0. The number of ether oxygens (including phenoxy) is 2. The lowest BCUT2D eigenvalue weighted by Gasteiger charge is -2.41. The molecule has 7 atom stereocenters. The molecule has 0 aromatic rings. The van der Waals surface area contributed by atoms with Crippen LogP contribution >= 0.6 is 0 Å². The highest BCUT2D eigenvalue weighted by Crippen LogP contribution is 2.26. The van der Waals surface area contributed by atoms with Crippen LogP contribution in [0.5, 0.6) is 0 Å².